The fraction of sp³-hybridized carbons (Fsp3) is 0.333. The van der Waals surface area contributed by atoms with Gasteiger partial charge in [-0.05, 0) is 68.5 Å². The van der Waals surface area contributed by atoms with Gasteiger partial charge in [-0.25, -0.2) is 9.97 Å². The molecule has 0 atom stereocenters. The summed E-state index contributed by atoms with van der Waals surface area (Å²) >= 11 is 0. The molecule has 148 valence electrons. The maximum absolute atomic E-state index is 4.73. The first kappa shape index (κ1) is 18.0. The van der Waals surface area contributed by atoms with E-state index in [1.807, 2.05) is 6.92 Å². The Balaban J connectivity index is 1.39. The molecule has 1 aromatic heterocycles. The van der Waals surface area contributed by atoms with Gasteiger partial charge < -0.3 is 15.1 Å². The maximum Gasteiger partial charge on any atom is 0.138 e. The van der Waals surface area contributed by atoms with Crippen molar-refractivity contribution in [2.75, 3.05) is 34.8 Å². The average molecular weight is 386 g/mol. The Morgan fingerprint density at radius 1 is 0.862 bits per heavy atom. The van der Waals surface area contributed by atoms with Crippen LogP contribution < -0.4 is 15.1 Å². The van der Waals surface area contributed by atoms with Crippen LogP contribution in [0.25, 0.3) is 0 Å². The van der Waals surface area contributed by atoms with Gasteiger partial charge in [0.2, 0.25) is 0 Å². The molecule has 2 aliphatic heterocycles. The number of fused-ring (bicyclic) bond motifs is 1. The van der Waals surface area contributed by atoms with Crippen LogP contribution in [0.4, 0.5) is 28.7 Å². The Morgan fingerprint density at radius 3 is 2.48 bits per heavy atom. The molecule has 1 saturated heterocycles. The minimum Gasteiger partial charge on any atom is -0.372 e. The molecule has 0 saturated carbocycles. The number of aromatic nitrogens is 2. The van der Waals surface area contributed by atoms with Crippen LogP contribution in [0.2, 0.25) is 0 Å². The van der Waals surface area contributed by atoms with Crippen molar-refractivity contribution in [1.29, 1.82) is 0 Å². The third kappa shape index (κ3) is 3.77. The van der Waals surface area contributed by atoms with Crippen molar-refractivity contribution in [1.82, 2.24) is 9.97 Å². The van der Waals surface area contributed by atoms with E-state index in [0.29, 0.717) is 0 Å². The zero-order valence-electron chi connectivity index (χ0n) is 16.9. The Hall–Kier alpha value is -3.08. The third-order valence-corrected chi connectivity index (χ3v) is 5.82. The summed E-state index contributed by atoms with van der Waals surface area (Å²) in [7, 11) is 0. The summed E-state index contributed by atoms with van der Waals surface area (Å²) in [4.78, 5) is 14.1. The number of nitrogens with zero attached hydrogens (tertiary/aromatic N) is 4. The summed E-state index contributed by atoms with van der Waals surface area (Å²) < 4.78 is 0. The van der Waals surface area contributed by atoms with Gasteiger partial charge >= 0.3 is 0 Å². The van der Waals surface area contributed by atoms with Gasteiger partial charge in [0, 0.05) is 42.8 Å². The molecule has 29 heavy (non-hydrogen) atoms. The summed E-state index contributed by atoms with van der Waals surface area (Å²) in [5, 5.41) is 3.47. The molecule has 1 fully saturated rings. The van der Waals surface area contributed by atoms with Gasteiger partial charge in [0.05, 0.1) is 0 Å². The molecular weight excluding hydrogens is 358 g/mol. The van der Waals surface area contributed by atoms with Crippen LogP contribution in [0, 0.1) is 6.92 Å². The number of benzene rings is 2. The van der Waals surface area contributed by atoms with E-state index < -0.39 is 0 Å². The van der Waals surface area contributed by atoms with Crippen molar-refractivity contribution in [3.05, 3.63) is 66.0 Å². The van der Waals surface area contributed by atoms with Crippen LogP contribution in [-0.2, 0) is 6.42 Å². The lowest BCUT2D eigenvalue weighted by Crippen LogP contribution is -2.25. The number of nitrogens with one attached hydrogen (secondary N) is 1. The van der Waals surface area contributed by atoms with Crippen LogP contribution in [0.1, 0.15) is 30.7 Å². The fourth-order valence-corrected chi connectivity index (χ4v) is 4.40. The van der Waals surface area contributed by atoms with Crippen molar-refractivity contribution in [3.8, 4) is 0 Å². The number of hydrogen-bond donors (Lipinski definition) is 1. The second-order valence-electron chi connectivity index (χ2n) is 7.91. The largest absolute Gasteiger partial charge is 0.372 e. The lowest BCUT2D eigenvalue weighted by molar-refractivity contribution is 0.757. The van der Waals surface area contributed by atoms with Crippen LogP contribution >= 0.6 is 0 Å². The third-order valence-electron chi connectivity index (χ3n) is 5.82. The van der Waals surface area contributed by atoms with Gasteiger partial charge in [-0.1, -0.05) is 18.2 Å². The van der Waals surface area contributed by atoms with E-state index >= 15 is 0 Å². The molecule has 5 rings (SSSR count). The second kappa shape index (κ2) is 7.74. The molecule has 3 heterocycles. The molecule has 0 radical (unpaired) electrons. The summed E-state index contributed by atoms with van der Waals surface area (Å²) in [5.74, 6) is 2.58. The highest BCUT2D eigenvalue weighted by Crippen LogP contribution is 2.33. The summed E-state index contributed by atoms with van der Waals surface area (Å²) in [6, 6.07) is 19.4. The monoisotopic (exact) mass is 385 g/mol. The lowest BCUT2D eigenvalue weighted by Gasteiger charge is -2.30. The molecule has 0 aliphatic carbocycles. The fourth-order valence-electron chi connectivity index (χ4n) is 4.40. The van der Waals surface area contributed by atoms with Gasteiger partial charge in [-0.15, -0.1) is 0 Å². The molecule has 0 spiro atoms. The highest BCUT2D eigenvalue weighted by molar-refractivity contribution is 5.69. The number of aryl methyl sites for hydroxylation is 2. The highest BCUT2D eigenvalue weighted by Gasteiger charge is 2.20. The highest BCUT2D eigenvalue weighted by atomic mass is 15.2. The van der Waals surface area contributed by atoms with Crippen LogP contribution in [0.15, 0.2) is 54.6 Å². The first-order chi connectivity index (χ1) is 14.3. The van der Waals surface area contributed by atoms with Crippen molar-refractivity contribution >= 4 is 28.7 Å². The Morgan fingerprint density at radius 2 is 1.66 bits per heavy atom. The Labute approximate surface area is 172 Å². The topological polar surface area (TPSA) is 44.3 Å². The number of anilines is 5. The lowest BCUT2D eigenvalue weighted by atomic mass is 10.0. The summed E-state index contributed by atoms with van der Waals surface area (Å²) in [6.45, 7) is 5.27. The molecule has 0 bridgehead atoms. The van der Waals surface area contributed by atoms with Gasteiger partial charge in [0.15, 0.2) is 0 Å². The van der Waals surface area contributed by atoms with Crippen LogP contribution in [0.5, 0.6) is 0 Å². The molecule has 2 aliphatic rings. The van der Waals surface area contributed by atoms with E-state index in [2.05, 4.69) is 74.7 Å². The predicted molar refractivity (Wildman–Crippen MR) is 120 cm³/mol. The van der Waals surface area contributed by atoms with E-state index in [1.54, 1.807) is 0 Å². The number of hydrogen-bond acceptors (Lipinski definition) is 5. The number of para-hydroxylation sites is 1. The first-order valence-corrected chi connectivity index (χ1v) is 10.6. The van der Waals surface area contributed by atoms with E-state index in [1.165, 1.54) is 42.9 Å². The molecular formula is C24H27N5. The second-order valence-corrected chi connectivity index (χ2v) is 7.91. The minimum absolute atomic E-state index is 0.779. The normalized spacial score (nSPS) is 16.0. The van der Waals surface area contributed by atoms with Crippen molar-refractivity contribution in [2.45, 2.75) is 32.6 Å². The van der Waals surface area contributed by atoms with E-state index in [0.717, 1.165) is 42.5 Å². The quantitative estimate of drug-likeness (QED) is 0.668. The van der Waals surface area contributed by atoms with E-state index in [9.17, 15) is 0 Å². The predicted octanol–water partition coefficient (Wildman–Crippen LogP) is 5.21. The molecule has 1 N–H and O–H groups in total. The standard InChI is InChI=1S/C24H27N5/c1-18-25-23(27-20-10-12-21(13-11-20)28-14-4-5-15-28)17-24(26-18)29-16-6-8-19-7-2-3-9-22(19)29/h2-3,7,9-13,17H,4-6,8,14-16H2,1H3,(H,25,26,27). The Bertz CT molecular complexity index is 992. The molecule has 5 heteroatoms. The van der Waals surface area contributed by atoms with E-state index in [4.69, 9.17) is 4.98 Å². The Kier molecular flexibility index (Phi) is 4.80. The first-order valence-electron chi connectivity index (χ1n) is 10.6. The van der Waals surface area contributed by atoms with Gasteiger partial charge in [0.25, 0.3) is 0 Å². The van der Waals surface area contributed by atoms with Crippen molar-refractivity contribution < 1.29 is 0 Å². The van der Waals surface area contributed by atoms with Gasteiger partial charge in [0.1, 0.15) is 17.5 Å². The molecule has 2 aromatic carbocycles. The van der Waals surface area contributed by atoms with E-state index in [-0.39, 0.29) is 0 Å². The summed E-state index contributed by atoms with van der Waals surface area (Å²) in [5.41, 5.74) is 5.01. The van der Waals surface area contributed by atoms with Gasteiger partial charge in [-0.3, -0.25) is 0 Å². The summed E-state index contributed by atoms with van der Waals surface area (Å²) in [6.07, 6.45) is 4.86. The molecule has 0 unspecified atom stereocenters. The zero-order valence-corrected chi connectivity index (χ0v) is 16.9. The average Bonchev–Trinajstić information content (AvgIpc) is 3.28. The van der Waals surface area contributed by atoms with Gasteiger partial charge in [-0.2, -0.15) is 0 Å². The van der Waals surface area contributed by atoms with Crippen LogP contribution in [-0.4, -0.2) is 29.6 Å². The maximum atomic E-state index is 4.73. The zero-order chi connectivity index (χ0) is 19.6. The molecule has 0 amide bonds. The number of rotatable bonds is 4. The molecule has 5 nitrogen and oxygen atoms in total. The molecule has 3 aromatic rings. The smallest absolute Gasteiger partial charge is 0.138 e. The van der Waals surface area contributed by atoms with Crippen molar-refractivity contribution in [2.24, 2.45) is 0 Å². The minimum atomic E-state index is 0.779. The van der Waals surface area contributed by atoms with Crippen molar-refractivity contribution in [3.63, 3.8) is 0 Å². The SMILES string of the molecule is Cc1nc(Nc2ccc(N3CCCC3)cc2)cc(N2CCCc3ccccc32)n1. The van der Waals surface area contributed by atoms with Crippen LogP contribution in [0.3, 0.4) is 0 Å².